The van der Waals surface area contributed by atoms with Crippen LogP contribution in [0.15, 0.2) is 0 Å². The molecule has 0 spiro atoms. The number of hydrogen-bond donors (Lipinski definition) is 0. The van der Waals surface area contributed by atoms with Gasteiger partial charge in [-0.05, 0) is 0 Å². The molecule has 1 aliphatic carbocycles. The first-order chi connectivity index (χ1) is 4.27. The Bertz CT molecular complexity index is 82.6. The van der Waals surface area contributed by atoms with Crippen LogP contribution in [0, 0.1) is 0 Å². The molecule has 0 heterocycles. The molecule has 1 saturated carbocycles. The predicted molar refractivity (Wildman–Crippen MR) is 44.6 cm³/mol. The van der Waals surface area contributed by atoms with Gasteiger partial charge in [-0.25, -0.2) is 0 Å². The fourth-order valence-electron chi connectivity index (χ4n) is 1.61. The van der Waals surface area contributed by atoms with Gasteiger partial charge in [-0.15, -0.1) is 0 Å². The molecule has 0 aliphatic heterocycles. The van der Waals surface area contributed by atoms with Gasteiger partial charge in [0, 0.05) is 0 Å². The molecule has 0 amide bonds. The fourth-order valence-corrected chi connectivity index (χ4v) is 2.47. The van der Waals surface area contributed by atoms with E-state index in [-0.39, 0.29) is 0 Å². The molecule has 0 bridgehead atoms. The summed E-state index contributed by atoms with van der Waals surface area (Å²) >= 11 is 1.98. The molecule has 0 aromatic carbocycles. The molecule has 0 aromatic rings. The minimum absolute atomic E-state index is 0.783. The van der Waals surface area contributed by atoms with E-state index < -0.39 is 0 Å². The van der Waals surface area contributed by atoms with Crippen LogP contribution in [0.4, 0.5) is 0 Å². The van der Waals surface area contributed by atoms with Crippen LogP contribution in [0.3, 0.4) is 0 Å². The SMILES string of the molecule is CCC1([AsH2])CCCCC1. The van der Waals surface area contributed by atoms with E-state index in [2.05, 4.69) is 6.92 Å². The molecule has 0 saturated heterocycles. The summed E-state index contributed by atoms with van der Waals surface area (Å²) in [7, 11) is 0. The first-order valence-corrected chi connectivity index (χ1v) is 5.27. The summed E-state index contributed by atoms with van der Waals surface area (Å²) in [5.41, 5.74) is 0. The zero-order valence-corrected chi connectivity index (χ0v) is 8.74. The maximum atomic E-state index is 2.34. The molecule has 0 aromatic heterocycles. The Morgan fingerprint density at radius 3 is 2.11 bits per heavy atom. The van der Waals surface area contributed by atoms with Crippen molar-refractivity contribution in [1.29, 1.82) is 0 Å². The minimum atomic E-state index is 0.783. The molecule has 1 atom stereocenters. The molecule has 1 fully saturated rings. The van der Waals surface area contributed by atoms with Gasteiger partial charge in [0.25, 0.3) is 0 Å². The number of rotatable bonds is 1. The van der Waals surface area contributed by atoms with Crippen molar-refractivity contribution in [2.24, 2.45) is 0 Å². The van der Waals surface area contributed by atoms with E-state index in [0.29, 0.717) is 0 Å². The molecular weight excluding hydrogens is 171 g/mol. The molecule has 1 aliphatic rings. The standard InChI is InChI=1S/C8H17As/c1-2-8(9)6-4-3-5-7-8/h2-7,9H2,1H3. The Morgan fingerprint density at radius 2 is 1.78 bits per heavy atom. The van der Waals surface area contributed by atoms with E-state index in [9.17, 15) is 0 Å². The summed E-state index contributed by atoms with van der Waals surface area (Å²) in [5, 5.41) is 0. The zero-order valence-electron chi connectivity index (χ0n) is 6.32. The van der Waals surface area contributed by atoms with E-state index in [1.165, 1.54) is 38.5 Å². The van der Waals surface area contributed by atoms with Crippen molar-refractivity contribution < 1.29 is 0 Å². The Labute approximate surface area is 66.9 Å². The average molecular weight is 188 g/mol. The Hall–Kier alpha value is 0.558. The van der Waals surface area contributed by atoms with Crippen molar-refractivity contribution >= 4 is 16.9 Å². The van der Waals surface area contributed by atoms with Gasteiger partial charge in [-0.1, -0.05) is 0 Å². The Morgan fingerprint density at radius 1 is 1.22 bits per heavy atom. The van der Waals surface area contributed by atoms with Gasteiger partial charge >= 0.3 is 66.5 Å². The van der Waals surface area contributed by atoms with Crippen molar-refractivity contribution in [2.45, 2.75) is 49.7 Å². The van der Waals surface area contributed by atoms with E-state index in [0.717, 1.165) is 4.20 Å². The van der Waals surface area contributed by atoms with E-state index in [4.69, 9.17) is 0 Å². The summed E-state index contributed by atoms with van der Waals surface area (Å²) in [6, 6.07) is 0. The summed E-state index contributed by atoms with van der Waals surface area (Å²) in [4.78, 5) is 0. The molecule has 0 N–H and O–H groups in total. The summed E-state index contributed by atoms with van der Waals surface area (Å²) in [6.07, 6.45) is 8.89. The molecule has 1 heteroatoms. The Kier molecular flexibility index (Phi) is 2.64. The van der Waals surface area contributed by atoms with Gasteiger partial charge in [0.2, 0.25) is 0 Å². The van der Waals surface area contributed by atoms with Gasteiger partial charge in [-0.2, -0.15) is 0 Å². The normalized spacial score (nSPS) is 26.0. The van der Waals surface area contributed by atoms with Gasteiger partial charge in [0.15, 0.2) is 0 Å². The van der Waals surface area contributed by atoms with E-state index >= 15 is 0 Å². The molecular formula is C8H17As. The van der Waals surface area contributed by atoms with Crippen LogP contribution < -0.4 is 0 Å². The summed E-state index contributed by atoms with van der Waals surface area (Å²) in [6.45, 7) is 2.34. The van der Waals surface area contributed by atoms with E-state index in [1.54, 1.807) is 0 Å². The summed E-state index contributed by atoms with van der Waals surface area (Å²) in [5.74, 6) is 0. The molecule has 9 heavy (non-hydrogen) atoms. The van der Waals surface area contributed by atoms with Crippen LogP contribution in [0.2, 0.25) is 4.20 Å². The summed E-state index contributed by atoms with van der Waals surface area (Å²) < 4.78 is 0.783. The predicted octanol–water partition coefficient (Wildman–Crippen LogP) is 2.15. The van der Waals surface area contributed by atoms with E-state index in [1.807, 2.05) is 16.9 Å². The van der Waals surface area contributed by atoms with Crippen LogP contribution in [0.1, 0.15) is 45.4 Å². The van der Waals surface area contributed by atoms with Crippen molar-refractivity contribution in [3.63, 3.8) is 0 Å². The van der Waals surface area contributed by atoms with Crippen molar-refractivity contribution in [1.82, 2.24) is 0 Å². The molecule has 0 radical (unpaired) electrons. The van der Waals surface area contributed by atoms with Crippen LogP contribution >= 0.6 is 0 Å². The average Bonchev–Trinajstić information content (AvgIpc) is 1.90. The quantitative estimate of drug-likeness (QED) is 0.553. The topological polar surface area (TPSA) is 0 Å². The van der Waals surface area contributed by atoms with Gasteiger partial charge < -0.3 is 0 Å². The second-order valence-corrected chi connectivity index (χ2v) is 5.85. The van der Waals surface area contributed by atoms with Crippen LogP contribution in [-0.4, -0.2) is 16.9 Å². The molecule has 1 rings (SSSR count). The molecule has 1 unspecified atom stereocenters. The third kappa shape index (κ3) is 2.00. The van der Waals surface area contributed by atoms with Gasteiger partial charge in [-0.3, -0.25) is 0 Å². The van der Waals surface area contributed by atoms with Crippen LogP contribution in [0.5, 0.6) is 0 Å². The van der Waals surface area contributed by atoms with Crippen molar-refractivity contribution in [3.05, 3.63) is 0 Å². The monoisotopic (exact) mass is 188 g/mol. The van der Waals surface area contributed by atoms with Crippen molar-refractivity contribution in [3.8, 4) is 0 Å². The third-order valence-electron chi connectivity index (χ3n) is 2.55. The molecule has 0 nitrogen and oxygen atoms in total. The fraction of sp³-hybridized carbons (Fsp3) is 1.00. The Balaban J connectivity index is 2.37. The second-order valence-electron chi connectivity index (χ2n) is 3.28. The van der Waals surface area contributed by atoms with Crippen LogP contribution in [0.25, 0.3) is 0 Å². The zero-order chi connectivity index (χ0) is 6.74. The first-order valence-electron chi connectivity index (χ1n) is 4.06. The molecule has 54 valence electrons. The second kappa shape index (κ2) is 3.10. The number of hydrogen-bond acceptors (Lipinski definition) is 0. The van der Waals surface area contributed by atoms with Gasteiger partial charge in [0.05, 0.1) is 0 Å². The maximum absolute atomic E-state index is 2.34. The third-order valence-corrected chi connectivity index (χ3v) is 4.62. The first kappa shape index (κ1) is 7.66. The van der Waals surface area contributed by atoms with Crippen LogP contribution in [-0.2, 0) is 0 Å². The van der Waals surface area contributed by atoms with Gasteiger partial charge in [0.1, 0.15) is 0 Å². The van der Waals surface area contributed by atoms with Crippen molar-refractivity contribution in [2.75, 3.05) is 0 Å².